The maximum absolute atomic E-state index is 9.19. The first kappa shape index (κ1) is 11.3. The van der Waals surface area contributed by atoms with Crippen molar-refractivity contribution < 1.29 is 0 Å². The summed E-state index contributed by atoms with van der Waals surface area (Å²) in [4.78, 5) is 7.83. The smallest absolute Gasteiger partial charge is 0.127 e. The summed E-state index contributed by atoms with van der Waals surface area (Å²) >= 11 is 5.99. The Balaban J connectivity index is 2.07. The average molecular weight is 258 g/mol. The molecule has 4 heteroatoms. The van der Waals surface area contributed by atoms with Crippen LogP contribution < -0.4 is 0 Å². The van der Waals surface area contributed by atoms with E-state index in [-0.39, 0.29) is 5.41 Å². The van der Waals surface area contributed by atoms with Gasteiger partial charge in [-0.1, -0.05) is 23.7 Å². The van der Waals surface area contributed by atoms with Crippen molar-refractivity contribution in [3.05, 3.63) is 40.8 Å². The highest BCUT2D eigenvalue weighted by molar-refractivity contribution is 6.30. The third-order valence-electron chi connectivity index (χ3n) is 3.40. The molecule has 1 saturated carbocycles. The Labute approximate surface area is 110 Å². The molecule has 1 aliphatic carbocycles. The lowest BCUT2D eigenvalue weighted by Gasteiger charge is -1.99. The predicted molar refractivity (Wildman–Crippen MR) is 70.3 cm³/mol. The summed E-state index contributed by atoms with van der Waals surface area (Å²) in [5.41, 5.74) is 2.47. The van der Waals surface area contributed by atoms with Crippen molar-refractivity contribution in [3.63, 3.8) is 0 Å². The summed E-state index contributed by atoms with van der Waals surface area (Å²) in [6.45, 7) is 1.97. The fraction of sp³-hybridized carbons (Fsp3) is 0.286. The molecule has 0 saturated heterocycles. The Bertz CT molecular complexity index is 647. The lowest BCUT2D eigenvalue weighted by Crippen LogP contribution is -2.04. The van der Waals surface area contributed by atoms with Crippen LogP contribution in [-0.4, -0.2) is 9.97 Å². The number of nitrogens with one attached hydrogen (secondary N) is 1. The molecule has 2 aromatic rings. The second-order valence-electron chi connectivity index (χ2n) is 4.76. The Kier molecular flexibility index (Phi) is 2.42. The Morgan fingerprint density at radius 3 is 2.83 bits per heavy atom. The second kappa shape index (κ2) is 3.86. The number of halogens is 1. The Morgan fingerprint density at radius 2 is 2.22 bits per heavy atom. The monoisotopic (exact) mass is 257 g/mol. The maximum Gasteiger partial charge on any atom is 0.127 e. The van der Waals surface area contributed by atoms with Crippen molar-refractivity contribution in [2.24, 2.45) is 0 Å². The molecule has 0 atom stereocenters. The molecule has 1 heterocycles. The third kappa shape index (κ3) is 1.70. The lowest BCUT2D eigenvalue weighted by molar-refractivity contribution is 0.818. The van der Waals surface area contributed by atoms with Gasteiger partial charge in [0.05, 0.1) is 11.8 Å². The van der Waals surface area contributed by atoms with Crippen molar-refractivity contribution in [2.75, 3.05) is 0 Å². The van der Waals surface area contributed by atoms with Crippen LogP contribution in [0.15, 0.2) is 24.3 Å². The van der Waals surface area contributed by atoms with E-state index in [9.17, 15) is 5.26 Å². The van der Waals surface area contributed by atoms with Crippen LogP contribution >= 0.6 is 11.6 Å². The Hall–Kier alpha value is -1.79. The summed E-state index contributed by atoms with van der Waals surface area (Å²) in [6.07, 6.45) is 1.79. The molecule has 0 unspecified atom stereocenters. The van der Waals surface area contributed by atoms with Crippen LogP contribution in [0.5, 0.6) is 0 Å². The summed E-state index contributed by atoms with van der Waals surface area (Å²) in [6, 6.07) is 9.96. The molecule has 1 aromatic heterocycles. The average Bonchev–Trinajstić information content (AvgIpc) is 3.07. The van der Waals surface area contributed by atoms with E-state index in [1.54, 1.807) is 0 Å². The van der Waals surface area contributed by atoms with Crippen LogP contribution in [0, 0.1) is 18.3 Å². The molecule has 0 bridgehead atoms. The summed E-state index contributed by atoms with van der Waals surface area (Å²) in [5.74, 6) is 0.789. The maximum atomic E-state index is 9.19. The van der Waals surface area contributed by atoms with Gasteiger partial charge in [0.25, 0.3) is 0 Å². The number of aromatic amines is 1. The molecule has 90 valence electrons. The molecule has 1 aromatic carbocycles. The number of nitrogens with zero attached hydrogens (tertiary/aromatic N) is 2. The molecular formula is C14H12ClN3. The summed E-state index contributed by atoms with van der Waals surface area (Å²) in [5, 5.41) is 9.89. The molecule has 3 rings (SSSR count). The van der Waals surface area contributed by atoms with E-state index >= 15 is 0 Å². The third-order valence-corrected chi connectivity index (χ3v) is 3.64. The van der Waals surface area contributed by atoms with E-state index in [0.717, 1.165) is 35.6 Å². The minimum absolute atomic E-state index is 0.373. The van der Waals surface area contributed by atoms with Crippen molar-refractivity contribution in [2.45, 2.75) is 25.2 Å². The number of hydrogen-bond acceptors (Lipinski definition) is 2. The van der Waals surface area contributed by atoms with Gasteiger partial charge in [0.2, 0.25) is 0 Å². The van der Waals surface area contributed by atoms with Gasteiger partial charge in [-0.05, 0) is 31.9 Å². The minimum atomic E-state index is -0.373. The highest BCUT2D eigenvalue weighted by Gasteiger charge is 2.48. The van der Waals surface area contributed by atoms with Crippen molar-refractivity contribution in [1.29, 1.82) is 5.26 Å². The topological polar surface area (TPSA) is 52.5 Å². The SMILES string of the molecule is Cc1[nH]c(C2(C#N)CC2)nc1-c1cccc(Cl)c1. The quantitative estimate of drug-likeness (QED) is 0.894. The molecule has 3 nitrogen and oxygen atoms in total. The van der Waals surface area contributed by atoms with Crippen LogP contribution in [0.1, 0.15) is 24.4 Å². The first-order valence-corrected chi connectivity index (χ1v) is 6.27. The van der Waals surface area contributed by atoms with Gasteiger partial charge in [0.1, 0.15) is 11.2 Å². The number of benzene rings is 1. The second-order valence-corrected chi connectivity index (χ2v) is 5.20. The van der Waals surface area contributed by atoms with Crippen LogP contribution in [0.2, 0.25) is 5.02 Å². The highest BCUT2D eigenvalue weighted by atomic mass is 35.5. The number of nitriles is 1. The molecule has 1 fully saturated rings. The van der Waals surface area contributed by atoms with E-state index in [4.69, 9.17) is 11.6 Å². The van der Waals surface area contributed by atoms with Crippen molar-refractivity contribution in [3.8, 4) is 17.3 Å². The van der Waals surface area contributed by atoms with E-state index in [1.165, 1.54) is 0 Å². The van der Waals surface area contributed by atoms with E-state index in [1.807, 2.05) is 31.2 Å². The van der Waals surface area contributed by atoms with Gasteiger partial charge < -0.3 is 4.98 Å². The predicted octanol–water partition coefficient (Wildman–Crippen LogP) is 3.59. The molecule has 0 spiro atoms. The van der Waals surface area contributed by atoms with Crippen molar-refractivity contribution >= 4 is 11.6 Å². The molecule has 0 radical (unpaired) electrons. The van der Waals surface area contributed by atoms with E-state index in [2.05, 4.69) is 16.0 Å². The van der Waals surface area contributed by atoms with Gasteiger partial charge in [0, 0.05) is 16.3 Å². The zero-order chi connectivity index (χ0) is 12.8. The number of H-pyrrole nitrogens is 1. The first-order valence-electron chi connectivity index (χ1n) is 5.89. The highest BCUT2D eigenvalue weighted by Crippen LogP contribution is 2.46. The molecule has 0 amide bonds. The van der Waals surface area contributed by atoms with Gasteiger partial charge in [-0.15, -0.1) is 0 Å². The van der Waals surface area contributed by atoms with Crippen molar-refractivity contribution in [1.82, 2.24) is 9.97 Å². The number of aromatic nitrogens is 2. The van der Waals surface area contributed by atoms with Gasteiger partial charge in [-0.2, -0.15) is 5.26 Å². The largest absolute Gasteiger partial charge is 0.344 e. The number of rotatable bonds is 2. The van der Waals surface area contributed by atoms with Gasteiger partial charge in [0.15, 0.2) is 0 Å². The molecule has 0 aliphatic heterocycles. The van der Waals surface area contributed by atoms with Gasteiger partial charge in [-0.3, -0.25) is 0 Å². The molecular weight excluding hydrogens is 246 g/mol. The lowest BCUT2D eigenvalue weighted by atomic mass is 10.1. The fourth-order valence-corrected chi connectivity index (χ4v) is 2.32. The number of hydrogen-bond donors (Lipinski definition) is 1. The fourth-order valence-electron chi connectivity index (χ4n) is 2.13. The summed E-state index contributed by atoms with van der Waals surface area (Å²) < 4.78 is 0. The summed E-state index contributed by atoms with van der Waals surface area (Å²) in [7, 11) is 0. The molecule has 1 N–H and O–H groups in total. The van der Waals surface area contributed by atoms with Crippen LogP contribution in [0.3, 0.4) is 0 Å². The van der Waals surface area contributed by atoms with E-state index in [0.29, 0.717) is 5.02 Å². The molecule has 18 heavy (non-hydrogen) atoms. The minimum Gasteiger partial charge on any atom is -0.344 e. The van der Waals surface area contributed by atoms with Crippen LogP contribution in [0.4, 0.5) is 0 Å². The number of aryl methyl sites for hydroxylation is 1. The first-order chi connectivity index (χ1) is 8.64. The molecule has 1 aliphatic rings. The zero-order valence-corrected chi connectivity index (χ0v) is 10.8. The zero-order valence-electron chi connectivity index (χ0n) is 10.00. The normalized spacial score (nSPS) is 16.3. The van der Waals surface area contributed by atoms with E-state index < -0.39 is 0 Å². The van der Waals surface area contributed by atoms with Gasteiger partial charge >= 0.3 is 0 Å². The van der Waals surface area contributed by atoms with Crippen LogP contribution in [0.25, 0.3) is 11.3 Å². The number of imidazole rings is 1. The van der Waals surface area contributed by atoms with Crippen LogP contribution in [-0.2, 0) is 5.41 Å². The Morgan fingerprint density at radius 1 is 1.44 bits per heavy atom. The van der Waals surface area contributed by atoms with Gasteiger partial charge in [-0.25, -0.2) is 4.98 Å². The standard InChI is InChI=1S/C14H12ClN3/c1-9-12(10-3-2-4-11(15)7-10)18-13(17-9)14(8-16)5-6-14/h2-4,7H,5-6H2,1H3,(H,17,18).